The Bertz CT molecular complexity index is 807. The summed E-state index contributed by atoms with van der Waals surface area (Å²) in [5.41, 5.74) is -0.491. The fourth-order valence-electron chi connectivity index (χ4n) is 4.50. The van der Waals surface area contributed by atoms with Gasteiger partial charge in [0, 0.05) is 0 Å². The van der Waals surface area contributed by atoms with E-state index in [1.54, 1.807) is 13.8 Å². The fraction of sp³-hybridized carbons (Fsp3) is 0.864. The van der Waals surface area contributed by atoms with Crippen molar-refractivity contribution in [3.8, 4) is 0 Å². The van der Waals surface area contributed by atoms with Crippen LogP contribution in [0.15, 0.2) is 4.52 Å². The monoisotopic (exact) mass is 457 g/mol. The highest BCUT2D eigenvalue weighted by atomic mass is 32.2. The van der Waals surface area contributed by atoms with Crippen molar-refractivity contribution >= 4 is 16.0 Å². The molecular formula is C22H39N3O5S. The molecule has 2 rings (SSSR count). The van der Waals surface area contributed by atoms with Crippen molar-refractivity contribution in [1.29, 1.82) is 0 Å². The molecule has 0 amide bonds. The molecule has 0 aromatic carbocycles. The molecule has 178 valence electrons. The van der Waals surface area contributed by atoms with Gasteiger partial charge < -0.3 is 9.63 Å². The molecule has 0 spiro atoms. The van der Waals surface area contributed by atoms with Gasteiger partial charge in [-0.3, -0.25) is 4.79 Å². The van der Waals surface area contributed by atoms with Crippen LogP contribution in [0.1, 0.15) is 104 Å². The summed E-state index contributed by atoms with van der Waals surface area (Å²) in [7, 11) is -3.45. The molecule has 31 heavy (non-hydrogen) atoms. The molecule has 2 N–H and O–H groups in total. The van der Waals surface area contributed by atoms with Gasteiger partial charge in [0.2, 0.25) is 15.9 Å². The normalized spacial score (nSPS) is 18.3. The lowest BCUT2D eigenvalue weighted by Crippen LogP contribution is -2.34. The fourth-order valence-corrected chi connectivity index (χ4v) is 5.17. The SMILES string of the molecule is CC(C)S(=O)(=O)NCc1noc([C@H](CCCC2CCCCC2)C(C(=O)O)C(C)(C)C)n1. The summed E-state index contributed by atoms with van der Waals surface area (Å²) in [4.78, 5) is 16.6. The van der Waals surface area contributed by atoms with Crippen molar-refractivity contribution in [2.45, 2.75) is 104 Å². The second-order valence-electron chi connectivity index (χ2n) is 10.2. The van der Waals surface area contributed by atoms with Crippen molar-refractivity contribution in [2.75, 3.05) is 0 Å². The van der Waals surface area contributed by atoms with E-state index in [1.165, 1.54) is 32.1 Å². The molecule has 1 aliphatic carbocycles. The molecule has 1 saturated carbocycles. The molecular weight excluding hydrogens is 418 g/mol. The summed E-state index contributed by atoms with van der Waals surface area (Å²) in [5, 5.41) is 13.3. The third kappa shape index (κ3) is 7.56. The van der Waals surface area contributed by atoms with Gasteiger partial charge in [-0.2, -0.15) is 4.98 Å². The molecule has 2 atom stereocenters. The molecule has 0 saturated heterocycles. The van der Waals surface area contributed by atoms with E-state index < -0.39 is 38.5 Å². The lowest BCUT2D eigenvalue weighted by molar-refractivity contribution is -0.147. The number of aromatic nitrogens is 2. The number of nitrogens with zero attached hydrogens (tertiary/aromatic N) is 2. The molecule has 1 aromatic rings. The van der Waals surface area contributed by atoms with Gasteiger partial charge in [0.15, 0.2) is 5.82 Å². The Morgan fingerprint density at radius 3 is 2.42 bits per heavy atom. The van der Waals surface area contributed by atoms with Crippen LogP contribution in [0.3, 0.4) is 0 Å². The summed E-state index contributed by atoms with van der Waals surface area (Å²) in [6, 6.07) is 0. The molecule has 9 heteroatoms. The van der Waals surface area contributed by atoms with Gasteiger partial charge in [-0.25, -0.2) is 13.1 Å². The first-order chi connectivity index (χ1) is 14.4. The molecule has 1 unspecified atom stereocenters. The number of sulfonamides is 1. The first-order valence-electron chi connectivity index (χ1n) is 11.5. The predicted molar refractivity (Wildman–Crippen MR) is 119 cm³/mol. The van der Waals surface area contributed by atoms with Crippen molar-refractivity contribution in [3.05, 3.63) is 11.7 Å². The molecule has 8 nitrogen and oxygen atoms in total. The van der Waals surface area contributed by atoms with Crippen LogP contribution in [0.5, 0.6) is 0 Å². The Kier molecular flexibility index (Phi) is 9.06. The first-order valence-corrected chi connectivity index (χ1v) is 13.0. The van der Waals surface area contributed by atoms with Crippen LogP contribution >= 0.6 is 0 Å². The molecule has 0 radical (unpaired) electrons. The zero-order valence-electron chi connectivity index (χ0n) is 19.6. The molecule has 1 fully saturated rings. The van der Waals surface area contributed by atoms with Gasteiger partial charge in [-0.05, 0) is 31.6 Å². The zero-order valence-corrected chi connectivity index (χ0v) is 20.4. The molecule has 0 bridgehead atoms. The highest BCUT2D eigenvalue weighted by molar-refractivity contribution is 7.90. The third-order valence-electron chi connectivity index (χ3n) is 6.31. The minimum Gasteiger partial charge on any atom is -0.481 e. The number of hydrogen-bond donors (Lipinski definition) is 2. The van der Waals surface area contributed by atoms with Gasteiger partial charge in [0.05, 0.1) is 23.6 Å². The number of nitrogens with one attached hydrogen (secondary N) is 1. The maximum Gasteiger partial charge on any atom is 0.307 e. The Morgan fingerprint density at radius 1 is 1.23 bits per heavy atom. The largest absolute Gasteiger partial charge is 0.481 e. The maximum absolute atomic E-state index is 12.2. The summed E-state index contributed by atoms with van der Waals surface area (Å²) in [6.07, 6.45) is 9.05. The quantitative estimate of drug-likeness (QED) is 0.502. The summed E-state index contributed by atoms with van der Waals surface area (Å²) in [6.45, 7) is 8.84. The number of carbonyl (C=O) groups is 1. The summed E-state index contributed by atoms with van der Waals surface area (Å²) >= 11 is 0. The second-order valence-corrected chi connectivity index (χ2v) is 12.5. The van der Waals surface area contributed by atoms with Crippen LogP contribution < -0.4 is 4.72 Å². The number of rotatable bonds is 11. The van der Waals surface area contributed by atoms with Crippen LogP contribution in [0, 0.1) is 17.3 Å². The molecule has 1 aliphatic rings. The lowest BCUT2D eigenvalue weighted by atomic mass is 9.71. The van der Waals surface area contributed by atoms with Crippen LogP contribution in [0.2, 0.25) is 0 Å². The first kappa shape index (κ1) is 25.8. The standard InChI is InChI=1S/C22H39N3O5S/c1-15(2)31(28,29)23-14-18-24-20(30-25-18)17(19(21(26)27)22(3,4)5)13-9-12-16-10-7-6-8-11-16/h15-17,19,23H,6-14H2,1-5H3,(H,26,27)/t17-,19?/m1/s1. The zero-order chi connectivity index (χ0) is 23.2. The van der Waals surface area contributed by atoms with E-state index in [-0.39, 0.29) is 18.3 Å². The van der Waals surface area contributed by atoms with E-state index in [0.29, 0.717) is 6.42 Å². The Morgan fingerprint density at radius 2 is 1.87 bits per heavy atom. The van der Waals surface area contributed by atoms with Crippen molar-refractivity contribution < 1.29 is 22.8 Å². The van der Waals surface area contributed by atoms with Gasteiger partial charge in [-0.15, -0.1) is 0 Å². The number of aliphatic carboxylic acids is 1. The van der Waals surface area contributed by atoms with Crippen LogP contribution in [0.4, 0.5) is 0 Å². The van der Waals surface area contributed by atoms with Gasteiger partial charge in [0.25, 0.3) is 0 Å². The highest BCUT2D eigenvalue weighted by Gasteiger charge is 2.41. The average Bonchev–Trinajstić information content (AvgIpc) is 3.14. The summed E-state index contributed by atoms with van der Waals surface area (Å²) in [5.74, 6) is -0.755. The lowest BCUT2D eigenvalue weighted by Gasteiger charge is -2.32. The molecule has 1 aromatic heterocycles. The van der Waals surface area contributed by atoms with Crippen LogP contribution in [0.25, 0.3) is 0 Å². The van der Waals surface area contributed by atoms with E-state index in [0.717, 1.165) is 18.8 Å². The predicted octanol–water partition coefficient (Wildman–Crippen LogP) is 4.48. The van der Waals surface area contributed by atoms with Crippen LogP contribution in [-0.4, -0.2) is 34.9 Å². The van der Waals surface area contributed by atoms with Gasteiger partial charge >= 0.3 is 5.97 Å². The molecule has 1 heterocycles. The van der Waals surface area contributed by atoms with Gasteiger partial charge in [0.1, 0.15) is 0 Å². The average molecular weight is 458 g/mol. The van der Waals surface area contributed by atoms with E-state index in [4.69, 9.17) is 4.52 Å². The van der Waals surface area contributed by atoms with Crippen molar-refractivity contribution in [1.82, 2.24) is 14.9 Å². The molecule has 0 aliphatic heterocycles. The van der Waals surface area contributed by atoms with Gasteiger partial charge in [-0.1, -0.05) is 70.9 Å². The Balaban J connectivity index is 2.15. The van der Waals surface area contributed by atoms with Crippen molar-refractivity contribution in [3.63, 3.8) is 0 Å². The third-order valence-corrected chi connectivity index (χ3v) is 8.09. The number of carboxylic acid groups (broad SMARTS) is 1. The van der Waals surface area contributed by atoms with E-state index in [9.17, 15) is 18.3 Å². The van der Waals surface area contributed by atoms with Crippen LogP contribution in [-0.2, 0) is 21.4 Å². The topological polar surface area (TPSA) is 122 Å². The second kappa shape index (κ2) is 10.9. The smallest absolute Gasteiger partial charge is 0.307 e. The minimum atomic E-state index is -3.45. The highest BCUT2D eigenvalue weighted by Crippen LogP contribution is 2.41. The maximum atomic E-state index is 12.2. The number of carboxylic acids is 1. The van der Waals surface area contributed by atoms with Crippen molar-refractivity contribution in [2.24, 2.45) is 17.3 Å². The summed E-state index contributed by atoms with van der Waals surface area (Å²) < 4.78 is 31.9. The Labute approximate surface area is 186 Å². The van der Waals surface area contributed by atoms with E-state index in [2.05, 4.69) is 14.9 Å². The Hall–Kier alpha value is -1.48. The number of hydrogen-bond acceptors (Lipinski definition) is 6. The van der Waals surface area contributed by atoms with E-state index >= 15 is 0 Å². The van der Waals surface area contributed by atoms with E-state index in [1.807, 2.05) is 20.8 Å². The minimum absolute atomic E-state index is 0.0773.